The highest BCUT2D eigenvalue weighted by molar-refractivity contribution is 5.77. The molecule has 0 amide bonds. The van der Waals surface area contributed by atoms with E-state index in [1.54, 1.807) is 0 Å². The maximum atomic E-state index is 13.2. The van der Waals surface area contributed by atoms with E-state index in [2.05, 4.69) is 33.8 Å². The molecule has 0 radical (unpaired) electrons. The van der Waals surface area contributed by atoms with Crippen LogP contribution in [0.5, 0.6) is 0 Å². The van der Waals surface area contributed by atoms with Crippen LogP contribution in [0.25, 0.3) is 0 Å². The molecule has 47 heavy (non-hydrogen) atoms. The van der Waals surface area contributed by atoms with E-state index >= 15 is 0 Å². The topological polar surface area (TPSA) is 110 Å². The van der Waals surface area contributed by atoms with Crippen LogP contribution in [0, 0.1) is 52.3 Å². The standard InChI is InChI=1S/C38H56O9/c1-21-6-9-27-22(2)33(44-34-38(27)26(21)16-19-37(5,45-34)46-47-38)43-32(41)13-12-31(40)42-30-11-10-28-25-8-7-23-20-24(39)14-17-35(23,3)29(25)15-18-36(28,30)4/h7,21-22,24-30,33-34,39H,6,8-20H2,1-5H3/t21-,22-,24+,25+,26+,27+,28+,29+,30+,33-,34-,35+,36+,37?,38-/m1/s1. The van der Waals surface area contributed by atoms with Crippen LogP contribution in [0.2, 0.25) is 0 Å². The van der Waals surface area contributed by atoms with Crippen molar-refractivity contribution in [1.29, 1.82) is 0 Å². The first-order chi connectivity index (χ1) is 22.4. The molecule has 4 saturated carbocycles. The lowest BCUT2D eigenvalue weighted by atomic mass is 9.48. The molecular formula is C38H56O9. The summed E-state index contributed by atoms with van der Waals surface area (Å²) < 4.78 is 24.9. The van der Waals surface area contributed by atoms with Gasteiger partial charge in [-0.2, -0.15) is 0 Å². The summed E-state index contributed by atoms with van der Waals surface area (Å²) in [7, 11) is 0. The van der Waals surface area contributed by atoms with Gasteiger partial charge >= 0.3 is 11.9 Å². The van der Waals surface area contributed by atoms with Gasteiger partial charge < -0.3 is 24.1 Å². The first-order valence-electron chi connectivity index (χ1n) is 18.8. The lowest BCUT2D eigenvalue weighted by Crippen LogP contribution is -2.70. The normalized spacial score (nSPS) is 53.0. The van der Waals surface area contributed by atoms with Crippen molar-refractivity contribution in [1.82, 2.24) is 0 Å². The van der Waals surface area contributed by atoms with E-state index in [0.29, 0.717) is 23.7 Å². The molecule has 0 aromatic carbocycles. The summed E-state index contributed by atoms with van der Waals surface area (Å²) in [5.41, 5.74) is 0.923. The van der Waals surface area contributed by atoms with Crippen LogP contribution in [0.15, 0.2) is 11.6 Å². The van der Waals surface area contributed by atoms with Crippen molar-refractivity contribution >= 4 is 11.9 Å². The molecule has 4 heterocycles. The number of ether oxygens (including phenoxy) is 4. The summed E-state index contributed by atoms with van der Waals surface area (Å²) in [6, 6.07) is 0. The lowest BCUT2D eigenvalue weighted by molar-refractivity contribution is -0.576. The minimum atomic E-state index is -0.889. The van der Waals surface area contributed by atoms with Gasteiger partial charge in [0.1, 0.15) is 6.10 Å². The molecule has 8 fully saturated rings. The van der Waals surface area contributed by atoms with Crippen molar-refractivity contribution in [3.05, 3.63) is 11.6 Å². The molecule has 15 atom stereocenters. The molecule has 4 aliphatic heterocycles. The van der Waals surface area contributed by atoms with Crippen molar-refractivity contribution in [2.45, 2.75) is 161 Å². The van der Waals surface area contributed by atoms with Gasteiger partial charge in [0.05, 0.1) is 18.9 Å². The van der Waals surface area contributed by atoms with Gasteiger partial charge in [0, 0.05) is 23.7 Å². The zero-order valence-corrected chi connectivity index (χ0v) is 29.0. The van der Waals surface area contributed by atoms with Gasteiger partial charge in [-0.1, -0.05) is 39.3 Å². The lowest BCUT2D eigenvalue weighted by Gasteiger charge is -2.59. The highest BCUT2D eigenvalue weighted by atomic mass is 17.3. The van der Waals surface area contributed by atoms with E-state index in [0.717, 1.165) is 77.0 Å². The van der Waals surface area contributed by atoms with Crippen LogP contribution >= 0.6 is 0 Å². The second kappa shape index (κ2) is 11.5. The largest absolute Gasteiger partial charge is 0.462 e. The van der Waals surface area contributed by atoms with E-state index < -0.39 is 29.9 Å². The second-order valence-electron chi connectivity index (χ2n) is 17.5. The summed E-state index contributed by atoms with van der Waals surface area (Å²) in [6.45, 7) is 11.0. The van der Waals surface area contributed by atoms with Gasteiger partial charge in [-0.3, -0.25) is 9.59 Å². The molecule has 4 saturated heterocycles. The summed E-state index contributed by atoms with van der Waals surface area (Å²) in [5, 5.41) is 10.3. The number of rotatable bonds is 5. The maximum absolute atomic E-state index is 13.2. The van der Waals surface area contributed by atoms with Gasteiger partial charge in [0.15, 0.2) is 11.9 Å². The Hall–Kier alpha value is -1.52. The third-order valence-corrected chi connectivity index (χ3v) is 15.1. The van der Waals surface area contributed by atoms with E-state index in [1.807, 2.05) is 6.92 Å². The Morgan fingerprint density at radius 1 is 0.851 bits per heavy atom. The number of carbonyl (C=O) groups excluding carboxylic acids is 2. The number of allylic oxidation sites excluding steroid dienone is 1. The number of fused-ring (bicyclic) bond motifs is 7. The van der Waals surface area contributed by atoms with Crippen LogP contribution in [-0.2, 0) is 38.3 Å². The van der Waals surface area contributed by atoms with Crippen LogP contribution in [0.1, 0.15) is 125 Å². The predicted octanol–water partition coefficient (Wildman–Crippen LogP) is 6.75. The monoisotopic (exact) mass is 656 g/mol. The Kier molecular flexibility index (Phi) is 8.00. The smallest absolute Gasteiger partial charge is 0.308 e. The molecule has 262 valence electrons. The van der Waals surface area contributed by atoms with E-state index in [-0.39, 0.29) is 59.6 Å². The number of hydrogen-bond donors (Lipinski definition) is 1. The highest BCUT2D eigenvalue weighted by Crippen LogP contribution is 2.65. The first-order valence-corrected chi connectivity index (χ1v) is 18.8. The Labute approximate surface area is 279 Å². The van der Waals surface area contributed by atoms with Gasteiger partial charge in [0.25, 0.3) is 0 Å². The van der Waals surface area contributed by atoms with Crippen LogP contribution < -0.4 is 0 Å². The van der Waals surface area contributed by atoms with E-state index in [4.69, 9.17) is 28.7 Å². The molecule has 9 heteroatoms. The zero-order chi connectivity index (χ0) is 32.9. The molecule has 5 aliphatic carbocycles. The number of esters is 2. The fourth-order valence-electron chi connectivity index (χ4n) is 12.4. The van der Waals surface area contributed by atoms with Crippen LogP contribution in [0.4, 0.5) is 0 Å². The quantitative estimate of drug-likeness (QED) is 0.195. The molecule has 0 aromatic heterocycles. The van der Waals surface area contributed by atoms with Gasteiger partial charge in [-0.05, 0) is 113 Å². The molecular weight excluding hydrogens is 600 g/mol. The van der Waals surface area contributed by atoms with E-state index in [9.17, 15) is 14.7 Å². The second-order valence-corrected chi connectivity index (χ2v) is 17.5. The zero-order valence-electron chi connectivity index (χ0n) is 29.0. The summed E-state index contributed by atoms with van der Waals surface area (Å²) in [4.78, 5) is 38.4. The molecule has 1 N–H and O–H groups in total. The molecule has 1 unspecified atom stereocenters. The average molecular weight is 657 g/mol. The van der Waals surface area contributed by atoms with Crippen molar-refractivity contribution in [2.75, 3.05) is 0 Å². The summed E-state index contributed by atoms with van der Waals surface area (Å²) >= 11 is 0. The number of carbonyl (C=O) groups is 2. The third kappa shape index (κ3) is 5.02. The Balaban J connectivity index is 0.874. The Bertz CT molecular complexity index is 1300. The van der Waals surface area contributed by atoms with Gasteiger partial charge in [0.2, 0.25) is 12.1 Å². The minimum absolute atomic E-state index is 0.00235. The molecule has 9 nitrogen and oxygen atoms in total. The molecule has 2 bridgehead atoms. The Morgan fingerprint density at radius 3 is 2.40 bits per heavy atom. The first kappa shape index (κ1) is 32.7. The maximum Gasteiger partial charge on any atom is 0.308 e. The van der Waals surface area contributed by atoms with Crippen molar-refractivity contribution in [3.8, 4) is 0 Å². The fourth-order valence-corrected chi connectivity index (χ4v) is 12.4. The number of hydrogen-bond acceptors (Lipinski definition) is 9. The number of aliphatic hydroxyl groups excluding tert-OH is 1. The summed E-state index contributed by atoms with van der Waals surface area (Å²) in [6.07, 6.45) is 12.3. The predicted molar refractivity (Wildman–Crippen MR) is 170 cm³/mol. The molecule has 9 aliphatic rings. The minimum Gasteiger partial charge on any atom is -0.462 e. The van der Waals surface area contributed by atoms with Gasteiger partial charge in [-0.25, -0.2) is 9.78 Å². The molecule has 0 aromatic rings. The molecule has 9 rings (SSSR count). The van der Waals surface area contributed by atoms with Crippen LogP contribution in [-0.4, -0.2) is 53.2 Å². The number of aliphatic hydroxyl groups is 1. The SMILES string of the molecule is C[C@H]1[C@H](OC(=O)CCC(=O)O[C@H]2CC[C@H]3[C@@H]4CC=C5C[C@@H](O)CC[C@]5(C)[C@H]4CC[C@]23C)O[C@@H]2OC3(C)CC[C@H]4[C@H](C)CC[C@@H]1[C@@]24OO3. The van der Waals surface area contributed by atoms with Crippen LogP contribution in [0.3, 0.4) is 0 Å². The van der Waals surface area contributed by atoms with Crippen molar-refractivity contribution in [2.24, 2.45) is 52.3 Å². The van der Waals surface area contributed by atoms with Crippen molar-refractivity contribution in [3.63, 3.8) is 0 Å². The highest BCUT2D eigenvalue weighted by Gasteiger charge is 2.70. The summed E-state index contributed by atoms with van der Waals surface area (Å²) in [5.74, 6) is 0.760. The van der Waals surface area contributed by atoms with E-state index in [1.165, 1.54) is 5.57 Å². The fraction of sp³-hybridized carbons (Fsp3) is 0.895. The van der Waals surface area contributed by atoms with Gasteiger partial charge in [-0.15, -0.1) is 0 Å². The third-order valence-electron chi connectivity index (χ3n) is 15.1. The average Bonchev–Trinajstić information content (AvgIpc) is 3.19. The molecule has 1 spiro atoms. The Morgan fingerprint density at radius 2 is 1.60 bits per heavy atom. The van der Waals surface area contributed by atoms with Crippen molar-refractivity contribution < 1.29 is 43.4 Å².